The van der Waals surface area contributed by atoms with Crippen molar-refractivity contribution in [1.29, 1.82) is 0 Å². The number of likely N-dealkylation sites (tertiary alicyclic amines) is 1. The Balaban J connectivity index is 1.54. The van der Waals surface area contributed by atoms with Gasteiger partial charge >= 0.3 is 11.9 Å². The number of hydrogen-bond acceptors (Lipinski definition) is 6. The van der Waals surface area contributed by atoms with Crippen molar-refractivity contribution in [3.05, 3.63) is 53.7 Å². The van der Waals surface area contributed by atoms with Crippen LogP contribution in [0, 0.1) is 12.8 Å². The lowest BCUT2D eigenvalue weighted by molar-refractivity contribution is -0.149. The molecule has 7 nitrogen and oxygen atoms in total. The van der Waals surface area contributed by atoms with E-state index in [1.807, 2.05) is 30.3 Å². The molecule has 0 radical (unpaired) electrons. The summed E-state index contributed by atoms with van der Waals surface area (Å²) in [5, 5.41) is 0. The van der Waals surface area contributed by atoms with Gasteiger partial charge in [-0.3, -0.25) is 14.6 Å². The molecule has 1 aliphatic rings. The van der Waals surface area contributed by atoms with Crippen molar-refractivity contribution in [2.45, 2.75) is 19.8 Å². The largest absolute Gasteiger partial charge is 0.469 e. The smallest absolute Gasteiger partial charge is 0.340 e. The van der Waals surface area contributed by atoms with E-state index in [0.29, 0.717) is 37.2 Å². The highest BCUT2D eigenvalue weighted by Gasteiger charge is 2.28. The highest BCUT2D eigenvalue weighted by molar-refractivity contribution is 5.92. The van der Waals surface area contributed by atoms with E-state index in [4.69, 9.17) is 9.47 Å². The highest BCUT2D eigenvalue weighted by Crippen LogP contribution is 2.20. The maximum absolute atomic E-state index is 12.4. The molecule has 7 heteroatoms. The molecule has 0 spiro atoms. The lowest BCUT2D eigenvalue weighted by Gasteiger charge is -2.30. The SMILES string of the molecule is COC(=O)C1CCN(C(=O)COC(=O)c2ccc(-c3ccccc3)nc2C)CC1. The Morgan fingerprint density at radius 3 is 2.38 bits per heavy atom. The standard InChI is InChI=1S/C22H24N2O5/c1-15-18(8-9-19(23-15)16-6-4-3-5-7-16)22(27)29-14-20(25)24-12-10-17(11-13-24)21(26)28-2/h3-9,17H,10-14H2,1-2H3. The molecular formula is C22H24N2O5. The molecule has 1 aliphatic heterocycles. The van der Waals surface area contributed by atoms with Crippen molar-refractivity contribution in [3.63, 3.8) is 0 Å². The Hall–Kier alpha value is -3.22. The number of ether oxygens (including phenoxy) is 2. The molecule has 0 aliphatic carbocycles. The zero-order valence-corrected chi connectivity index (χ0v) is 16.6. The predicted octanol–water partition coefficient (Wildman–Crippen LogP) is 2.63. The summed E-state index contributed by atoms with van der Waals surface area (Å²) in [6.45, 7) is 2.30. The first-order valence-corrected chi connectivity index (χ1v) is 9.55. The number of carbonyl (C=O) groups is 3. The minimum atomic E-state index is -0.576. The molecule has 2 heterocycles. The van der Waals surface area contributed by atoms with Crippen LogP contribution >= 0.6 is 0 Å². The van der Waals surface area contributed by atoms with Gasteiger partial charge in [0.15, 0.2) is 6.61 Å². The van der Waals surface area contributed by atoms with Crippen LogP contribution in [-0.2, 0) is 19.1 Å². The van der Waals surface area contributed by atoms with Crippen LogP contribution in [0.1, 0.15) is 28.9 Å². The summed E-state index contributed by atoms with van der Waals surface area (Å²) >= 11 is 0. The summed E-state index contributed by atoms with van der Waals surface area (Å²) in [5.74, 6) is -1.27. The van der Waals surface area contributed by atoms with Gasteiger partial charge in [0.05, 0.1) is 30.0 Å². The molecular weight excluding hydrogens is 372 g/mol. The number of rotatable bonds is 5. The first-order valence-electron chi connectivity index (χ1n) is 9.55. The van der Waals surface area contributed by atoms with E-state index in [-0.39, 0.29) is 24.4 Å². The summed E-state index contributed by atoms with van der Waals surface area (Å²) in [6.07, 6.45) is 1.10. The summed E-state index contributed by atoms with van der Waals surface area (Å²) in [7, 11) is 1.36. The summed E-state index contributed by atoms with van der Waals surface area (Å²) in [4.78, 5) is 42.4. The third-order valence-corrected chi connectivity index (χ3v) is 5.08. The van der Waals surface area contributed by atoms with Crippen LogP contribution in [0.4, 0.5) is 0 Å². The molecule has 0 bridgehead atoms. The van der Waals surface area contributed by atoms with Crippen molar-refractivity contribution in [1.82, 2.24) is 9.88 Å². The van der Waals surface area contributed by atoms with Crippen LogP contribution in [0.5, 0.6) is 0 Å². The average molecular weight is 396 g/mol. The summed E-state index contributed by atoms with van der Waals surface area (Å²) < 4.78 is 9.95. The first kappa shape index (κ1) is 20.5. The molecule has 2 aromatic rings. The second-order valence-corrected chi connectivity index (χ2v) is 6.95. The average Bonchev–Trinajstić information content (AvgIpc) is 2.77. The molecule has 3 rings (SSSR count). The lowest BCUT2D eigenvalue weighted by Crippen LogP contribution is -2.42. The van der Waals surface area contributed by atoms with Gasteiger partial charge in [0.25, 0.3) is 5.91 Å². The van der Waals surface area contributed by atoms with E-state index < -0.39 is 5.97 Å². The van der Waals surface area contributed by atoms with Gasteiger partial charge in [-0.05, 0) is 31.9 Å². The van der Waals surface area contributed by atoms with Gasteiger partial charge in [-0.1, -0.05) is 30.3 Å². The third kappa shape index (κ3) is 4.99. The van der Waals surface area contributed by atoms with E-state index in [0.717, 1.165) is 11.3 Å². The number of aryl methyl sites for hydroxylation is 1. The number of nitrogens with zero attached hydrogens (tertiary/aromatic N) is 2. The number of esters is 2. The van der Waals surface area contributed by atoms with Crippen LogP contribution in [0.2, 0.25) is 0 Å². The Kier molecular flexibility index (Phi) is 6.59. The van der Waals surface area contributed by atoms with Crippen LogP contribution in [0.3, 0.4) is 0 Å². The van der Waals surface area contributed by atoms with Crippen molar-refractivity contribution in [2.24, 2.45) is 5.92 Å². The molecule has 1 aromatic heterocycles. The Labute approximate surface area is 169 Å². The molecule has 1 amide bonds. The van der Waals surface area contributed by atoms with Crippen molar-refractivity contribution < 1.29 is 23.9 Å². The molecule has 29 heavy (non-hydrogen) atoms. The van der Waals surface area contributed by atoms with E-state index in [1.165, 1.54) is 7.11 Å². The summed E-state index contributed by atoms with van der Waals surface area (Å²) in [5.41, 5.74) is 2.61. The van der Waals surface area contributed by atoms with E-state index in [2.05, 4.69) is 4.98 Å². The number of piperidine rings is 1. The van der Waals surface area contributed by atoms with Gasteiger partial charge in [-0.15, -0.1) is 0 Å². The van der Waals surface area contributed by atoms with Crippen LogP contribution < -0.4 is 0 Å². The molecule has 0 unspecified atom stereocenters. The van der Waals surface area contributed by atoms with Gasteiger partial charge in [-0.2, -0.15) is 0 Å². The Bertz CT molecular complexity index is 889. The fraction of sp³-hybridized carbons (Fsp3) is 0.364. The fourth-order valence-corrected chi connectivity index (χ4v) is 3.37. The van der Waals surface area contributed by atoms with Crippen LogP contribution in [-0.4, -0.2) is 54.5 Å². The van der Waals surface area contributed by atoms with Gasteiger partial charge in [0.2, 0.25) is 0 Å². The van der Waals surface area contributed by atoms with E-state index >= 15 is 0 Å². The number of carbonyl (C=O) groups excluding carboxylic acids is 3. The zero-order valence-electron chi connectivity index (χ0n) is 16.6. The summed E-state index contributed by atoms with van der Waals surface area (Å²) in [6, 6.07) is 13.1. The normalized spacial score (nSPS) is 14.3. The van der Waals surface area contributed by atoms with Crippen molar-refractivity contribution in [2.75, 3.05) is 26.8 Å². The second-order valence-electron chi connectivity index (χ2n) is 6.95. The topological polar surface area (TPSA) is 85.8 Å². The van der Waals surface area contributed by atoms with Gasteiger partial charge in [0, 0.05) is 18.7 Å². The predicted molar refractivity (Wildman–Crippen MR) is 106 cm³/mol. The fourth-order valence-electron chi connectivity index (χ4n) is 3.37. The van der Waals surface area contributed by atoms with Crippen molar-refractivity contribution >= 4 is 17.8 Å². The maximum atomic E-state index is 12.4. The number of amides is 1. The third-order valence-electron chi connectivity index (χ3n) is 5.08. The van der Waals surface area contributed by atoms with E-state index in [9.17, 15) is 14.4 Å². The molecule has 1 saturated heterocycles. The second kappa shape index (κ2) is 9.32. The van der Waals surface area contributed by atoms with E-state index in [1.54, 1.807) is 24.0 Å². The van der Waals surface area contributed by atoms with Gasteiger partial charge < -0.3 is 14.4 Å². The molecule has 152 valence electrons. The number of methoxy groups -OCH3 is 1. The van der Waals surface area contributed by atoms with Gasteiger partial charge in [-0.25, -0.2) is 4.79 Å². The minimum Gasteiger partial charge on any atom is -0.469 e. The highest BCUT2D eigenvalue weighted by atomic mass is 16.5. The first-order chi connectivity index (χ1) is 14.0. The van der Waals surface area contributed by atoms with Crippen molar-refractivity contribution in [3.8, 4) is 11.3 Å². The molecule has 1 aromatic carbocycles. The lowest BCUT2D eigenvalue weighted by atomic mass is 9.97. The molecule has 0 N–H and O–H groups in total. The van der Waals surface area contributed by atoms with Gasteiger partial charge in [0.1, 0.15) is 0 Å². The minimum absolute atomic E-state index is 0.177. The Morgan fingerprint density at radius 2 is 1.76 bits per heavy atom. The monoisotopic (exact) mass is 396 g/mol. The molecule has 1 fully saturated rings. The number of benzene rings is 1. The number of pyridine rings is 1. The quantitative estimate of drug-likeness (QED) is 0.722. The Morgan fingerprint density at radius 1 is 1.07 bits per heavy atom. The van der Waals surface area contributed by atoms with Crippen LogP contribution in [0.25, 0.3) is 11.3 Å². The number of hydrogen-bond donors (Lipinski definition) is 0. The molecule has 0 atom stereocenters. The van der Waals surface area contributed by atoms with Crippen LogP contribution in [0.15, 0.2) is 42.5 Å². The number of aromatic nitrogens is 1. The maximum Gasteiger partial charge on any atom is 0.340 e. The molecule has 0 saturated carbocycles. The zero-order chi connectivity index (χ0) is 20.8.